The number of sulfonamides is 1. The molecule has 2 N–H and O–H groups in total. The lowest BCUT2D eigenvalue weighted by atomic mass is 9.96. The molecule has 2 amide bonds. The van der Waals surface area contributed by atoms with Crippen LogP contribution in [0.3, 0.4) is 0 Å². The summed E-state index contributed by atoms with van der Waals surface area (Å²) in [7, 11) is -3.53. The zero-order valence-corrected chi connectivity index (χ0v) is 17.9. The second-order valence-corrected chi connectivity index (χ2v) is 9.23. The third kappa shape index (κ3) is 5.05. The highest BCUT2D eigenvalue weighted by molar-refractivity contribution is 7.89. The Morgan fingerprint density at radius 1 is 1.21 bits per heavy atom. The zero-order valence-electron chi connectivity index (χ0n) is 17.1. The largest absolute Gasteiger partial charge is 0.336 e. The van der Waals surface area contributed by atoms with E-state index < -0.39 is 10.0 Å². The van der Waals surface area contributed by atoms with Crippen molar-refractivity contribution in [3.63, 3.8) is 0 Å². The first-order chi connectivity index (χ1) is 14.0. The molecule has 9 nitrogen and oxygen atoms in total. The van der Waals surface area contributed by atoms with Crippen LogP contribution in [0.25, 0.3) is 11.0 Å². The highest BCUT2D eigenvalue weighted by atomic mass is 32.2. The minimum absolute atomic E-state index is 0.158. The predicted molar refractivity (Wildman–Crippen MR) is 111 cm³/mol. The van der Waals surface area contributed by atoms with Crippen LogP contribution < -0.4 is 10.6 Å². The van der Waals surface area contributed by atoms with E-state index in [4.69, 9.17) is 0 Å². The first kappa shape index (κ1) is 21.5. The number of nitrogens with zero attached hydrogens (tertiary/aromatic N) is 4. The number of benzene rings is 1. The minimum Gasteiger partial charge on any atom is -0.336 e. The monoisotopic (exact) mass is 422 g/mol. The van der Waals surface area contributed by atoms with Gasteiger partial charge in [-0.3, -0.25) is 0 Å². The maximum absolute atomic E-state index is 12.7. The number of rotatable bonds is 8. The molecule has 160 valence electrons. The van der Waals surface area contributed by atoms with E-state index in [1.807, 2.05) is 13.8 Å². The Morgan fingerprint density at radius 2 is 1.93 bits per heavy atom. The van der Waals surface area contributed by atoms with Gasteiger partial charge >= 0.3 is 6.03 Å². The second kappa shape index (κ2) is 9.53. The van der Waals surface area contributed by atoms with Crippen LogP contribution in [0.1, 0.15) is 46.0 Å². The number of hydrogen-bond donors (Lipinski definition) is 2. The Bertz CT molecular complexity index is 933. The number of fused-ring (bicyclic) bond motifs is 1. The number of carbonyl (C=O) groups excluding carboxylic acids is 1. The van der Waals surface area contributed by atoms with Crippen LogP contribution in [0, 0.1) is 0 Å². The molecule has 0 saturated heterocycles. The van der Waals surface area contributed by atoms with E-state index >= 15 is 0 Å². The fraction of sp³-hybridized carbons (Fsp3) is 0.632. The average Bonchev–Trinajstić information content (AvgIpc) is 3.12. The second-order valence-electron chi connectivity index (χ2n) is 7.29. The van der Waals surface area contributed by atoms with Crippen molar-refractivity contribution in [2.75, 3.05) is 19.6 Å². The third-order valence-corrected chi connectivity index (χ3v) is 7.42. The molecule has 1 aromatic carbocycles. The molecule has 29 heavy (non-hydrogen) atoms. The molecule has 1 fully saturated rings. The first-order valence-electron chi connectivity index (χ1n) is 10.3. The fourth-order valence-corrected chi connectivity index (χ4v) is 5.23. The van der Waals surface area contributed by atoms with Gasteiger partial charge in [-0.05, 0) is 31.0 Å². The number of urea groups is 1. The fourth-order valence-electron chi connectivity index (χ4n) is 3.75. The van der Waals surface area contributed by atoms with E-state index in [9.17, 15) is 13.2 Å². The van der Waals surface area contributed by atoms with Crippen LogP contribution in [0.4, 0.5) is 4.79 Å². The molecule has 1 saturated carbocycles. The molecular formula is C19H30N6O3S. The van der Waals surface area contributed by atoms with Gasteiger partial charge < -0.3 is 10.6 Å². The number of aromatic nitrogens is 3. The SMILES string of the molecule is CCN(CC)S(=O)(=O)c1ccc2c(c1)nnn2CCNC(=O)NC1CCCCC1. The standard InChI is InChI=1S/C19H30N6O3S/c1-3-24(4-2)29(27,28)16-10-11-18-17(14-16)22-23-25(18)13-12-20-19(26)21-15-8-6-5-7-9-15/h10-11,14-15H,3-9,12-13H2,1-2H3,(H2,20,21,26). The van der Waals surface area contributed by atoms with Crippen LogP contribution >= 0.6 is 0 Å². The molecule has 3 rings (SSSR count). The van der Waals surface area contributed by atoms with Gasteiger partial charge in [0.2, 0.25) is 10.0 Å². The molecule has 0 atom stereocenters. The molecule has 0 bridgehead atoms. The van der Waals surface area contributed by atoms with E-state index in [0.717, 1.165) is 18.4 Å². The molecular weight excluding hydrogens is 392 g/mol. The molecule has 0 spiro atoms. The van der Waals surface area contributed by atoms with E-state index in [1.165, 1.54) is 23.6 Å². The van der Waals surface area contributed by atoms with Crippen molar-refractivity contribution in [1.29, 1.82) is 0 Å². The Morgan fingerprint density at radius 3 is 2.62 bits per heavy atom. The zero-order chi connectivity index (χ0) is 20.9. The summed E-state index contributed by atoms with van der Waals surface area (Å²) in [6, 6.07) is 4.96. The maximum Gasteiger partial charge on any atom is 0.315 e. The van der Waals surface area contributed by atoms with Crippen molar-refractivity contribution in [2.45, 2.75) is 63.4 Å². The lowest BCUT2D eigenvalue weighted by molar-refractivity contribution is 0.232. The van der Waals surface area contributed by atoms with E-state index in [2.05, 4.69) is 20.9 Å². The summed E-state index contributed by atoms with van der Waals surface area (Å²) in [5.74, 6) is 0. The van der Waals surface area contributed by atoms with Gasteiger partial charge in [-0.2, -0.15) is 4.31 Å². The molecule has 0 unspecified atom stereocenters. The van der Waals surface area contributed by atoms with Gasteiger partial charge in [0.15, 0.2) is 0 Å². The van der Waals surface area contributed by atoms with Crippen LogP contribution in [0.5, 0.6) is 0 Å². The lowest BCUT2D eigenvalue weighted by Gasteiger charge is -2.22. The smallest absolute Gasteiger partial charge is 0.315 e. The summed E-state index contributed by atoms with van der Waals surface area (Å²) in [4.78, 5) is 12.3. The molecule has 2 aromatic rings. The number of carbonyl (C=O) groups is 1. The summed E-state index contributed by atoms with van der Waals surface area (Å²) >= 11 is 0. The van der Waals surface area contributed by atoms with Gasteiger partial charge in [0.1, 0.15) is 5.52 Å². The highest BCUT2D eigenvalue weighted by Crippen LogP contribution is 2.20. The summed E-state index contributed by atoms with van der Waals surface area (Å²) < 4.78 is 28.4. The molecule has 10 heteroatoms. The van der Waals surface area contributed by atoms with Crippen molar-refractivity contribution in [3.8, 4) is 0 Å². The molecule has 0 radical (unpaired) electrons. The number of hydrogen-bond acceptors (Lipinski definition) is 5. The molecule has 1 aliphatic rings. The van der Waals surface area contributed by atoms with Crippen molar-refractivity contribution in [3.05, 3.63) is 18.2 Å². The Hall–Kier alpha value is -2.20. The van der Waals surface area contributed by atoms with Gasteiger partial charge in [-0.15, -0.1) is 5.10 Å². The Balaban J connectivity index is 1.60. The quantitative estimate of drug-likeness (QED) is 0.677. The van der Waals surface area contributed by atoms with Gasteiger partial charge in [0.05, 0.1) is 17.0 Å². The summed E-state index contributed by atoms with van der Waals surface area (Å²) in [6.07, 6.45) is 5.67. The van der Waals surface area contributed by atoms with Crippen LogP contribution in [0.2, 0.25) is 0 Å². The van der Waals surface area contributed by atoms with Crippen LogP contribution in [-0.2, 0) is 16.6 Å². The molecule has 0 aliphatic heterocycles. The molecule has 1 heterocycles. The van der Waals surface area contributed by atoms with E-state index in [0.29, 0.717) is 31.7 Å². The van der Waals surface area contributed by atoms with Crippen molar-refractivity contribution >= 4 is 27.1 Å². The van der Waals surface area contributed by atoms with Crippen LogP contribution in [-0.4, -0.2) is 59.4 Å². The minimum atomic E-state index is -3.53. The van der Waals surface area contributed by atoms with E-state index in [1.54, 1.807) is 22.9 Å². The topological polar surface area (TPSA) is 109 Å². The van der Waals surface area contributed by atoms with Gasteiger partial charge in [0, 0.05) is 25.7 Å². The average molecular weight is 423 g/mol. The van der Waals surface area contributed by atoms with Gasteiger partial charge in [0.25, 0.3) is 0 Å². The lowest BCUT2D eigenvalue weighted by Crippen LogP contribution is -2.43. The Labute approximate surface area is 171 Å². The molecule has 1 aromatic heterocycles. The van der Waals surface area contributed by atoms with Crippen molar-refractivity contribution in [2.24, 2.45) is 0 Å². The molecule has 1 aliphatic carbocycles. The Kier molecular flexibility index (Phi) is 7.07. The normalized spacial score (nSPS) is 15.7. The van der Waals surface area contributed by atoms with Crippen LogP contribution in [0.15, 0.2) is 23.1 Å². The van der Waals surface area contributed by atoms with Crippen molar-refractivity contribution in [1.82, 2.24) is 29.9 Å². The number of nitrogens with one attached hydrogen (secondary N) is 2. The van der Waals surface area contributed by atoms with Crippen molar-refractivity contribution < 1.29 is 13.2 Å². The van der Waals surface area contributed by atoms with Gasteiger partial charge in [-0.1, -0.05) is 38.3 Å². The first-order valence-corrected chi connectivity index (χ1v) is 11.8. The summed E-state index contributed by atoms with van der Waals surface area (Å²) in [5.41, 5.74) is 1.25. The van der Waals surface area contributed by atoms with E-state index in [-0.39, 0.29) is 17.0 Å². The van der Waals surface area contributed by atoms with Gasteiger partial charge in [-0.25, -0.2) is 17.9 Å². The summed E-state index contributed by atoms with van der Waals surface area (Å²) in [5, 5.41) is 14.1. The summed E-state index contributed by atoms with van der Waals surface area (Å²) in [6.45, 7) is 5.32. The maximum atomic E-state index is 12.7. The third-order valence-electron chi connectivity index (χ3n) is 5.38. The predicted octanol–water partition coefficient (Wildman–Crippen LogP) is 2.09. The number of amides is 2. The highest BCUT2D eigenvalue weighted by Gasteiger charge is 2.22.